The third kappa shape index (κ3) is 3.62. The summed E-state index contributed by atoms with van der Waals surface area (Å²) < 4.78 is 4.90. The highest BCUT2D eigenvalue weighted by Gasteiger charge is 2.24. The van der Waals surface area contributed by atoms with Gasteiger partial charge in [0.2, 0.25) is 0 Å². The number of fused-ring (bicyclic) bond motifs is 1. The Balaban J connectivity index is 1.89. The number of esters is 1. The van der Waals surface area contributed by atoms with E-state index < -0.39 is 0 Å². The third-order valence-electron chi connectivity index (χ3n) is 4.87. The lowest BCUT2D eigenvalue weighted by Crippen LogP contribution is -2.42. The van der Waals surface area contributed by atoms with Crippen LogP contribution in [0.15, 0.2) is 0 Å². The maximum absolute atomic E-state index is 12.0. The van der Waals surface area contributed by atoms with Gasteiger partial charge < -0.3 is 15.0 Å². The van der Waals surface area contributed by atoms with E-state index in [9.17, 15) is 4.79 Å². The summed E-state index contributed by atoms with van der Waals surface area (Å²) in [6.45, 7) is 10.5. The van der Waals surface area contributed by atoms with Gasteiger partial charge in [-0.3, -0.25) is 0 Å². The summed E-state index contributed by atoms with van der Waals surface area (Å²) in [6, 6.07) is 0.990. The number of aromatic nitrogens is 2. The molecule has 1 fully saturated rings. The first-order valence-electron chi connectivity index (χ1n) is 8.77. The summed E-state index contributed by atoms with van der Waals surface area (Å²) in [7, 11) is 1.41. The van der Waals surface area contributed by atoms with Gasteiger partial charge in [0.05, 0.1) is 12.5 Å². The van der Waals surface area contributed by atoms with Gasteiger partial charge in [0.25, 0.3) is 0 Å². The van der Waals surface area contributed by atoms with Crippen molar-refractivity contribution in [2.45, 2.75) is 52.6 Å². The third-order valence-corrected chi connectivity index (χ3v) is 6.04. The van der Waals surface area contributed by atoms with Gasteiger partial charge in [-0.15, -0.1) is 11.3 Å². The monoisotopic (exact) mass is 362 g/mol. The Hall–Kier alpha value is -1.73. The highest BCUT2D eigenvalue weighted by molar-refractivity contribution is 7.20. The van der Waals surface area contributed by atoms with Crippen molar-refractivity contribution in [3.05, 3.63) is 16.3 Å². The molecule has 0 bridgehead atoms. The Morgan fingerprint density at radius 3 is 2.56 bits per heavy atom. The predicted octanol–water partition coefficient (Wildman–Crippen LogP) is 3.38. The second-order valence-corrected chi connectivity index (χ2v) is 7.89. The molecule has 0 aromatic carbocycles. The number of anilines is 1. The van der Waals surface area contributed by atoms with Crippen LogP contribution in [0, 0.1) is 13.8 Å². The van der Waals surface area contributed by atoms with Crippen LogP contribution in [0.5, 0.6) is 0 Å². The van der Waals surface area contributed by atoms with Gasteiger partial charge in [0, 0.05) is 25.2 Å². The number of hydrogen-bond donors (Lipinski definition) is 1. The van der Waals surface area contributed by atoms with E-state index in [-0.39, 0.29) is 5.97 Å². The van der Waals surface area contributed by atoms with Crippen LogP contribution in [0.3, 0.4) is 0 Å². The number of nitrogens with one attached hydrogen (secondary N) is 1. The lowest BCUT2D eigenvalue weighted by atomic mass is 10.0. The molecule has 3 rings (SSSR count). The second kappa shape index (κ2) is 7.25. The molecule has 25 heavy (non-hydrogen) atoms. The van der Waals surface area contributed by atoms with Crippen LogP contribution in [0.4, 0.5) is 5.82 Å². The largest absolute Gasteiger partial charge is 0.465 e. The molecule has 3 heterocycles. The van der Waals surface area contributed by atoms with Gasteiger partial charge in [-0.1, -0.05) is 0 Å². The summed E-state index contributed by atoms with van der Waals surface area (Å²) in [5.41, 5.74) is 0.897. The zero-order valence-electron chi connectivity index (χ0n) is 15.5. The minimum absolute atomic E-state index is 0.311. The molecule has 0 atom stereocenters. The highest BCUT2D eigenvalue weighted by atomic mass is 32.1. The van der Waals surface area contributed by atoms with E-state index in [1.165, 1.54) is 18.4 Å². The van der Waals surface area contributed by atoms with E-state index in [0.29, 0.717) is 22.8 Å². The lowest BCUT2D eigenvalue weighted by Gasteiger charge is -2.35. The van der Waals surface area contributed by atoms with Gasteiger partial charge in [0.15, 0.2) is 0 Å². The minimum atomic E-state index is -0.311. The van der Waals surface area contributed by atoms with E-state index in [0.717, 1.165) is 47.5 Å². The van der Waals surface area contributed by atoms with Crippen LogP contribution in [0.2, 0.25) is 0 Å². The first-order valence-corrected chi connectivity index (χ1v) is 9.59. The molecule has 2 aromatic rings. The molecule has 0 amide bonds. The zero-order chi connectivity index (χ0) is 18.1. The Morgan fingerprint density at radius 2 is 1.96 bits per heavy atom. The van der Waals surface area contributed by atoms with Crippen molar-refractivity contribution < 1.29 is 9.53 Å². The molecule has 0 saturated carbocycles. The minimum Gasteiger partial charge on any atom is -0.465 e. The van der Waals surface area contributed by atoms with Crippen LogP contribution in [0.1, 0.15) is 47.7 Å². The predicted molar refractivity (Wildman–Crippen MR) is 102 cm³/mol. The SMILES string of the molecule is COC(=O)c1sc2nc(C)nc(NC3CCN(C(C)C)CC3)c2c1C. The van der Waals surface area contributed by atoms with Crippen LogP contribution < -0.4 is 5.32 Å². The zero-order valence-corrected chi connectivity index (χ0v) is 16.4. The second-order valence-electron chi connectivity index (χ2n) is 6.90. The number of thiophene rings is 1. The summed E-state index contributed by atoms with van der Waals surface area (Å²) in [6.07, 6.45) is 2.19. The topological polar surface area (TPSA) is 67.3 Å². The van der Waals surface area contributed by atoms with Gasteiger partial charge >= 0.3 is 5.97 Å². The molecule has 1 N–H and O–H groups in total. The maximum atomic E-state index is 12.0. The number of rotatable bonds is 4. The molecule has 6 nitrogen and oxygen atoms in total. The smallest absolute Gasteiger partial charge is 0.348 e. The first-order chi connectivity index (χ1) is 11.9. The molecule has 1 aliphatic rings. The number of ether oxygens (including phenoxy) is 1. The van der Waals surface area contributed by atoms with Crippen molar-refractivity contribution in [2.75, 3.05) is 25.5 Å². The van der Waals surface area contributed by atoms with Crippen molar-refractivity contribution in [1.29, 1.82) is 0 Å². The Bertz CT molecular complexity index is 779. The van der Waals surface area contributed by atoms with Gasteiger partial charge in [0.1, 0.15) is 21.3 Å². The molecule has 0 aliphatic carbocycles. The number of nitrogens with zero attached hydrogens (tertiary/aromatic N) is 3. The molecule has 136 valence electrons. The molecule has 2 aromatic heterocycles. The van der Waals surface area contributed by atoms with E-state index in [2.05, 4.69) is 34.0 Å². The summed E-state index contributed by atoms with van der Waals surface area (Å²) in [4.78, 5) is 25.1. The van der Waals surface area contributed by atoms with Gasteiger partial charge in [-0.2, -0.15) is 0 Å². The molecule has 7 heteroatoms. The number of carbonyl (C=O) groups is 1. The summed E-state index contributed by atoms with van der Waals surface area (Å²) >= 11 is 1.38. The van der Waals surface area contributed by atoms with E-state index in [1.807, 2.05) is 13.8 Å². The fourth-order valence-corrected chi connectivity index (χ4v) is 4.54. The number of hydrogen-bond acceptors (Lipinski definition) is 7. The Labute approximate surface area is 152 Å². The fraction of sp³-hybridized carbons (Fsp3) is 0.611. The van der Waals surface area contributed by atoms with E-state index in [1.54, 1.807) is 0 Å². The van der Waals surface area contributed by atoms with Crippen molar-refractivity contribution in [3.8, 4) is 0 Å². The normalized spacial score (nSPS) is 16.6. The van der Waals surface area contributed by atoms with E-state index >= 15 is 0 Å². The Morgan fingerprint density at radius 1 is 1.28 bits per heavy atom. The quantitative estimate of drug-likeness (QED) is 0.841. The first kappa shape index (κ1) is 18.1. The molecular formula is C18H26N4O2S. The maximum Gasteiger partial charge on any atom is 0.348 e. The number of methoxy groups -OCH3 is 1. The average molecular weight is 362 g/mol. The number of likely N-dealkylation sites (tertiary alicyclic amines) is 1. The number of aryl methyl sites for hydroxylation is 2. The van der Waals surface area contributed by atoms with Crippen LogP contribution in [-0.2, 0) is 4.74 Å². The van der Waals surface area contributed by atoms with Crippen LogP contribution in [0.25, 0.3) is 10.2 Å². The number of piperidine rings is 1. The van der Waals surface area contributed by atoms with Crippen molar-refractivity contribution in [1.82, 2.24) is 14.9 Å². The standard InChI is InChI=1S/C18H26N4O2S/c1-10(2)22-8-6-13(7-9-22)21-16-14-11(3)15(18(23)24-5)25-17(14)20-12(4)19-16/h10,13H,6-9H2,1-5H3,(H,19,20,21). The van der Waals surface area contributed by atoms with Gasteiger partial charge in [-0.05, 0) is 46.1 Å². The molecule has 0 spiro atoms. The molecule has 1 aliphatic heterocycles. The molecule has 1 saturated heterocycles. The Kier molecular flexibility index (Phi) is 5.24. The van der Waals surface area contributed by atoms with Crippen molar-refractivity contribution in [3.63, 3.8) is 0 Å². The lowest BCUT2D eigenvalue weighted by molar-refractivity contribution is 0.0605. The fourth-order valence-electron chi connectivity index (χ4n) is 3.39. The van der Waals surface area contributed by atoms with Crippen molar-refractivity contribution in [2.24, 2.45) is 0 Å². The van der Waals surface area contributed by atoms with Gasteiger partial charge in [-0.25, -0.2) is 14.8 Å². The average Bonchev–Trinajstić information content (AvgIpc) is 2.91. The number of carbonyl (C=O) groups excluding carboxylic acids is 1. The van der Waals surface area contributed by atoms with Crippen LogP contribution in [-0.4, -0.2) is 53.1 Å². The van der Waals surface area contributed by atoms with Crippen molar-refractivity contribution >= 4 is 33.3 Å². The molecular weight excluding hydrogens is 336 g/mol. The highest BCUT2D eigenvalue weighted by Crippen LogP contribution is 2.35. The molecule has 0 unspecified atom stereocenters. The van der Waals surface area contributed by atoms with E-state index in [4.69, 9.17) is 4.74 Å². The summed E-state index contributed by atoms with van der Waals surface area (Å²) in [5.74, 6) is 1.25. The van der Waals surface area contributed by atoms with Crippen LogP contribution >= 0.6 is 11.3 Å². The molecule has 0 radical (unpaired) electrons. The summed E-state index contributed by atoms with van der Waals surface area (Å²) in [5, 5.41) is 4.56.